The topological polar surface area (TPSA) is 72.2 Å². The molecule has 0 aliphatic heterocycles. The zero-order chi connectivity index (χ0) is 30.5. The smallest absolute Gasteiger partial charge is 0.219 e. The van der Waals surface area contributed by atoms with E-state index in [4.69, 9.17) is 5.73 Å². The minimum absolute atomic E-state index is 0.153. The van der Waals surface area contributed by atoms with Gasteiger partial charge in [-0.25, -0.2) is 0 Å². The Morgan fingerprint density at radius 2 is 0.659 bits per heavy atom. The van der Waals surface area contributed by atoms with Crippen LogP contribution >= 0.6 is 0 Å². The quantitative estimate of drug-likeness (QED) is 0.0777. The van der Waals surface area contributed by atoms with Crippen LogP contribution in [0.15, 0.2) is 0 Å². The van der Waals surface area contributed by atoms with Crippen LogP contribution in [0.25, 0.3) is 0 Å². The van der Waals surface area contributed by atoms with Crippen LogP contribution < -0.4 is 11.1 Å². The first-order valence-electron chi connectivity index (χ1n) is 18.6. The van der Waals surface area contributed by atoms with Crippen LogP contribution in [-0.2, 0) is 9.59 Å². The van der Waals surface area contributed by atoms with Crippen LogP contribution in [0.2, 0.25) is 0 Å². The lowest BCUT2D eigenvalue weighted by Gasteiger charge is -2.04. The molecule has 0 spiro atoms. The third kappa shape index (κ3) is 43.5. The van der Waals surface area contributed by atoms with Gasteiger partial charge in [0.1, 0.15) is 0 Å². The SMILES string of the molecule is CCCCCCCCCCCCCCCC(=O)NCCC.CCCCCCCCCCCCCCCCCC(N)=O. The van der Waals surface area contributed by atoms with Gasteiger partial charge in [-0.3, -0.25) is 9.59 Å². The van der Waals surface area contributed by atoms with Crippen molar-refractivity contribution in [2.45, 2.75) is 220 Å². The lowest BCUT2D eigenvalue weighted by atomic mass is 10.0. The van der Waals surface area contributed by atoms with E-state index in [1.54, 1.807) is 0 Å². The molecule has 0 aliphatic carbocycles. The molecule has 0 heterocycles. The van der Waals surface area contributed by atoms with Crippen molar-refractivity contribution in [3.8, 4) is 0 Å². The third-order valence-corrected chi connectivity index (χ3v) is 8.11. The Morgan fingerprint density at radius 1 is 0.390 bits per heavy atom. The summed E-state index contributed by atoms with van der Waals surface area (Å²) >= 11 is 0. The van der Waals surface area contributed by atoms with Crippen molar-refractivity contribution in [3.05, 3.63) is 0 Å². The largest absolute Gasteiger partial charge is 0.370 e. The van der Waals surface area contributed by atoms with E-state index < -0.39 is 0 Å². The predicted molar refractivity (Wildman–Crippen MR) is 182 cm³/mol. The summed E-state index contributed by atoms with van der Waals surface area (Å²) in [5, 5.41) is 2.94. The van der Waals surface area contributed by atoms with Crippen molar-refractivity contribution in [2.24, 2.45) is 5.73 Å². The monoisotopic (exact) mass is 581 g/mol. The molecule has 4 heteroatoms. The molecule has 0 saturated heterocycles. The summed E-state index contributed by atoms with van der Waals surface area (Å²) in [4.78, 5) is 21.9. The molecule has 2 amide bonds. The van der Waals surface area contributed by atoms with Crippen molar-refractivity contribution in [1.82, 2.24) is 5.32 Å². The molecule has 4 nitrogen and oxygen atoms in total. The highest BCUT2D eigenvalue weighted by Crippen LogP contribution is 2.14. The van der Waals surface area contributed by atoms with Gasteiger partial charge in [0.25, 0.3) is 0 Å². The van der Waals surface area contributed by atoms with E-state index in [9.17, 15) is 9.59 Å². The first-order chi connectivity index (χ1) is 20.1. The van der Waals surface area contributed by atoms with E-state index in [-0.39, 0.29) is 11.8 Å². The molecular weight excluding hydrogens is 504 g/mol. The highest BCUT2D eigenvalue weighted by Gasteiger charge is 2.00. The number of hydrogen-bond donors (Lipinski definition) is 2. The third-order valence-electron chi connectivity index (χ3n) is 8.11. The highest BCUT2D eigenvalue weighted by molar-refractivity contribution is 5.75. The Hall–Kier alpha value is -1.06. The normalized spacial score (nSPS) is 10.8. The summed E-state index contributed by atoms with van der Waals surface area (Å²) in [5.74, 6) is 0.0830. The van der Waals surface area contributed by atoms with Gasteiger partial charge in [-0.2, -0.15) is 0 Å². The van der Waals surface area contributed by atoms with Gasteiger partial charge in [-0.15, -0.1) is 0 Å². The summed E-state index contributed by atoms with van der Waals surface area (Å²) in [5.41, 5.74) is 5.11. The van der Waals surface area contributed by atoms with Crippen LogP contribution in [-0.4, -0.2) is 18.4 Å². The number of unbranched alkanes of at least 4 members (excludes halogenated alkanes) is 26. The molecule has 0 aromatic rings. The lowest BCUT2D eigenvalue weighted by Crippen LogP contribution is -2.23. The van der Waals surface area contributed by atoms with Crippen LogP contribution in [0.5, 0.6) is 0 Å². The van der Waals surface area contributed by atoms with Crippen LogP contribution in [0, 0.1) is 0 Å². The van der Waals surface area contributed by atoms with Gasteiger partial charge >= 0.3 is 0 Å². The Labute approximate surface area is 258 Å². The fraction of sp³-hybridized carbons (Fsp3) is 0.946. The van der Waals surface area contributed by atoms with Crippen LogP contribution in [0.4, 0.5) is 0 Å². The second kappa shape index (κ2) is 38.9. The molecular formula is C37H76N2O2. The van der Waals surface area contributed by atoms with Crippen molar-refractivity contribution < 1.29 is 9.59 Å². The van der Waals surface area contributed by atoms with Crippen molar-refractivity contribution in [1.29, 1.82) is 0 Å². The first kappa shape index (κ1) is 42.1. The van der Waals surface area contributed by atoms with E-state index in [0.717, 1.165) is 32.2 Å². The molecule has 0 unspecified atom stereocenters. The molecule has 0 aromatic carbocycles. The Kier molecular flexibility index (Phi) is 40.0. The van der Waals surface area contributed by atoms with Gasteiger partial charge in [0.2, 0.25) is 11.8 Å². The molecule has 41 heavy (non-hydrogen) atoms. The maximum atomic E-state index is 11.4. The van der Waals surface area contributed by atoms with Gasteiger partial charge in [0, 0.05) is 19.4 Å². The Bertz CT molecular complexity index is 509. The molecule has 0 fully saturated rings. The first-order valence-corrected chi connectivity index (χ1v) is 18.6. The van der Waals surface area contributed by atoms with Crippen molar-refractivity contribution in [3.63, 3.8) is 0 Å². The molecule has 0 saturated carbocycles. The summed E-state index contributed by atoms with van der Waals surface area (Å²) in [6, 6.07) is 0. The van der Waals surface area contributed by atoms with Crippen LogP contribution in [0.3, 0.4) is 0 Å². The Morgan fingerprint density at radius 3 is 0.927 bits per heavy atom. The van der Waals surface area contributed by atoms with E-state index in [0.29, 0.717) is 6.42 Å². The van der Waals surface area contributed by atoms with Crippen molar-refractivity contribution >= 4 is 11.8 Å². The fourth-order valence-electron chi connectivity index (χ4n) is 5.33. The minimum atomic E-state index is -0.153. The maximum Gasteiger partial charge on any atom is 0.219 e. The van der Waals surface area contributed by atoms with Gasteiger partial charge in [0.05, 0.1) is 0 Å². The molecule has 0 atom stereocenters. The predicted octanol–water partition coefficient (Wildman–Crippen LogP) is 11.7. The number of primary amides is 1. The molecule has 0 aliphatic rings. The second-order valence-electron chi connectivity index (χ2n) is 12.5. The second-order valence-corrected chi connectivity index (χ2v) is 12.5. The summed E-state index contributed by atoms with van der Waals surface area (Å²) in [7, 11) is 0. The zero-order valence-corrected chi connectivity index (χ0v) is 28.5. The van der Waals surface area contributed by atoms with E-state index >= 15 is 0 Å². The van der Waals surface area contributed by atoms with E-state index in [1.165, 1.54) is 167 Å². The number of nitrogens with one attached hydrogen (secondary N) is 1. The lowest BCUT2D eigenvalue weighted by molar-refractivity contribution is -0.121. The van der Waals surface area contributed by atoms with Gasteiger partial charge < -0.3 is 11.1 Å². The highest BCUT2D eigenvalue weighted by atomic mass is 16.1. The molecule has 246 valence electrons. The number of carbonyl (C=O) groups excluding carboxylic acids is 2. The number of carbonyl (C=O) groups is 2. The van der Waals surface area contributed by atoms with E-state index in [2.05, 4.69) is 26.1 Å². The number of nitrogens with two attached hydrogens (primary N) is 1. The summed E-state index contributed by atoms with van der Waals surface area (Å²) < 4.78 is 0. The minimum Gasteiger partial charge on any atom is -0.370 e. The summed E-state index contributed by atoms with van der Waals surface area (Å²) in [6.07, 6.45) is 40.3. The standard InChI is InChI=1S/C19H39NO.C18H37NO/c1-3-5-6-7-8-9-10-11-12-13-14-15-16-17-19(21)20-18-4-2;1-2-3-4-5-6-7-8-9-10-11-12-13-14-15-16-17-18(19)20/h3-18H2,1-2H3,(H,20,21);2-17H2,1H3,(H2,19,20). The maximum absolute atomic E-state index is 11.4. The zero-order valence-electron chi connectivity index (χ0n) is 28.5. The van der Waals surface area contributed by atoms with Gasteiger partial charge in [-0.1, -0.05) is 188 Å². The average Bonchev–Trinajstić information content (AvgIpc) is 2.96. The van der Waals surface area contributed by atoms with Crippen molar-refractivity contribution in [2.75, 3.05) is 6.54 Å². The number of hydrogen-bond acceptors (Lipinski definition) is 2. The molecule has 0 radical (unpaired) electrons. The Balaban J connectivity index is 0. The number of rotatable bonds is 32. The molecule has 0 rings (SSSR count). The van der Waals surface area contributed by atoms with E-state index in [1.807, 2.05) is 0 Å². The molecule has 0 bridgehead atoms. The van der Waals surface area contributed by atoms with Gasteiger partial charge in [0.15, 0.2) is 0 Å². The molecule has 3 N–H and O–H groups in total. The van der Waals surface area contributed by atoms with Gasteiger partial charge in [-0.05, 0) is 19.3 Å². The number of amides is 2. The summed E-state index contributed by atoms with van der Waals surface area (Å²) in [6.45, 7) is 7.47. The fourth-order valence-corrected chi connectivity index (χ4v) is 5.33. The van der Waals surface area contributed by atoms with Crippen LogP contribution in [0.1, 0.15) is 220 Å². The molecule has 0 aromatic heterocycles. The average molecular weight is 581 g/mol.